The summed E-state index contributed by atoms with van der Waals surface area (Å²) in [5.41, 5.74) is -5.55. The lowest BCUT2D eigenvalue weighted by molar-refractivity contribution is -0.384. The van der Waals surface area contributed by atoms with Crippen LogP contribution in [0.15, 0.2) is 54.6 Å². The highest BCUT2D eigenvalue weighted by Crippen LogP contribution is 2.43. The second-order valence-corrected chi connectivity index (χ2v) is 9.83. The zero-order valence-electron chi connectivity index (χ0n) is 21.0. The number of ether oxygens (including phenoxy) is 1. The molecule has 1 aliphatic heterocycles. The van der Waals surface area contributed by atoms with Gasteiger partial charge in [-0.05, 0) is 60.0 Å². The Morgan fingerprint density at radius 2 is 1.43 bits per heavy atom. The minimum absolute atomic E-state index is 0.00187. The van der Waals surface area contributed by atoms with Crippen molar-refractivity contribution in [2.45, 2.75) is 50.6 Å². The predicted molar refractivity (Wildman–Crippen MR) is 130 cm³/mol. The predicted octanol–water partition coefficient (Wildman–Crippen LogP) is 8.21. The number of nitrogens with zero attached hydrogens (tertiary/aromatic N) is 2. The summed E-state index contributed by atoms with van der Waals surface area (Å²) >= 11 is 6.20. The zero-order chi connectivity index (χ0) is 31.4. The third-order valence-electron chi connectivity index (χ3n) is 6.69. The van der Waals surface area contributed by atoms with E-state index < -0.39 is 76.5 Å². The van der Waals surface area contributed by atoms with Crippen LogP contribution in [0, 0.1) is 10.1 Å². The minimum atomic E-state index is -5.15. The highest BCUT2D eigenvalue weighted by Gasteiger charge is 2.43. The van der Waals surface area contributed by atoms with Gasteiger partial charge in [0.2, 0.25) is 6.41 Å². The van der Waals surface area contributed by atoms with Gasteiger partial charge in [-0.3, -0.25) is 10.1 Å². The molecule has 3 aromatic rings. The van der Waals surface area contributed by atoms with Crippen LogP contribution < -0.4 is 0 Å². The van der Waals surface area contributed by atoms with E-state index in [9.17, 15) is 54.7 Å². The summed E-state index contributed by atoms with van der Waals surface area (Å²) in [5.74, 6) is 0. The van der Waals surface area contributed by atoms with E-state index in [0.29, 0.717) is 24.3 Å². The van der Waals surface area contributed by atoms with Crippen molar-refractivity contribution in [1.82, 2.24) is 4.90 Å². The first-order valence-electron chi connectivity index (χ1n) is 11.8. The number of hydrogen-bond acceptors (Lipinski definition) is 5. The van der Waals surface area contributed by atoms with Crippen molar-refractivity contribution in [2.75, 3.05) is 0 Å². The standard InChI is InChI=1S/C26H18ClF9N2O4/c1-12-22(13-6-16(25(31,32)33)9-17(7-13)26(34,35)36)42-23(39)37(12)11-14-8-15(24(28,29)30)2-4-19(14)20-10-18(38(40)41)3-5-21(20)27/h2-10,12,22-23,39H,11H2,1H3/t12-,22-,23?/m0/s1. The van der Waals surface area contributed by atoms with Gasteiger partial charge in [-0.25, -0.2) is 4.90 Å². The first-order chi connectivity index (χ1) is 19.3. The first kappa shape index (κ1) is 31.5. The molecule has 1 aliphatic rings. The lowest BCUT2D eigenvalue weighted by Gasteiger charge is -2.26. The molecular weight excluding hydrogens is 611 g/mol. The maximum absolute atomic E-state index is 13.6. The summed E-state index contributed by atoms with van der Waals surface area (Å²) in [6, 6.07) is 5.31. The average Bonchev–Trinajstić information content (AvgIpc) is 3.15. The normalized spacial score (nSPS) is 20.2. The molecule has 0 aliphatic carbocycles. The molecule has 42 heavy (non-hydrogen) atoms. The number of non-ortho nitro benzene ring substituents is 1. The lowest BCUT2D eigenvalue weighted by Crippen LogP contribution is -2.35. The van der Waals surface area contributed by atoms with Crippen LogP contribution in [0.1, 0.15) is 40.8 Å². The van der Waals surface area contributed by atoms with E-state index in [4.69, 9.17) is 16.3 Å². The smallest absolute Gasteiger partial charge is 0.356 e. The monoisotopic (exact) mass is 628 g/mol. The van der Waals surface area contributed by atoms with E-state index in [-0.39, 0.29) is 27.8 Å². The summed E-state index contributed by atoms with van der Waals surface area (Å²) < 4.78 is 126. The number of aliphatic hydroxyl groups excluding tert-OH is 1. The van der Waals surface area contributed by atoms with Crippen LogP contribution in [0.5, 0.6) is 0 Å². The largest absolute Gasteiger partial charge is 0.416 e. The molecule has 0 amide bonds. The number of nitro benzene ring substituents is 1. The summed E-state index contributed by atoms with van der Waals surface area (Å²) in [5, 5.41) is 21.8. The molecule has 16 heteroatoms. The molecular formula is C26H18ClF9N2O4. The number of nitro groups is 1. The Kier molecular flexibility index (Phi) is 8.28. The third kappa shape index (κ3) is 6.48. The van der Waals surface area contributed by atoms with Crippen LogP contribution >= 0.6 is 11.6 Å². The highest BCUT2D eigenvalue weighted by atomic mass is 35.5. The molecule has 0 aromatic heterocycles. The molecule has 1 N–H and O–H groups in total. The fourth-order valence-corrected chi connectivity index (χ4v) is 4.83. The zero-order valence-corrected chi connectivity index (χ0v) is 21.7. The molecule has 6 nitrogen and oxygen atoms in total. The van der Waals surface area contributed by atoms with Crippen molar-refractivity contribution in [2.24, 2.45) is 0 Å². The van der Waals surface area contributed by atoms with Gasteiger partial charge in [-0.2, -0.15) is 39.5 Å². The summed E-state index contributed by atoms with van der Waals surface area (Å²) in [4.78, 5) is 11.6. The van der Waals surface area contributed by atoms with Crippen molar-refractivity contribution >= 4 is 17.3 Å². The van der Waals surface area contributed by atoms with Gasteiger partial charge in [0.25, 0.3) is 5.69 Å². The van der Waals surface area contributed by atoms with Gasteiger partial charge in [-0.1, -0.05) is 17.7 Å². The lowest BCUT2D eigenvalue weighted by atomic mass is 9.95. The molecule has 0 spiro atoms. The van der Waals surface area contributed by atoms with Gasteiger partial charge in [0.1, 0.15) is 6.10 Å². The van der Waals surface area contributed by atoms with E-state index in [2.05, 4.69) is 0 Å². The summed E-state index contributed by atoms with van der Waals surface area (Å²) in [7, 11) is 0. The molecule has 1 unspecified atom stereocenters. The van der Waals surface area contributed by atoms with Crippen molar-refractivity contribution in [3.05, 3.63) is 97.6 Å². The Morgan fingerprint density at radius 3 is 1.95 bits per heavy atom. The van der Waals surface area contributed by atoms with Gasteiger partial charge < -0.3 is 9.84 Å². The van der Waals surface area contributed by atoms with Gasteiger partial charge in [0, 0.05) is 35.3 Å². The molecule has 0 radical (unpaired) electrons. The van der Waals surface area contributed by atoms with Gasteiger partial charge in [0.05, 0.1) is 21.6 Å². The summed E-state index contributed by atoms with van der Waals surface area (Å²) in [6.45, 7) is 0.726. The van der Waals surface area contributed by atoms with Crippen molar-refractivity contribution in [1.29, 1.82) is 0 Å². The quantitative estimate of drug-likeness (QED) is 0.175. The number of alkyl halides is 9. The van der Waals surface area contributed by atoms with E-state index in [0.717, 1.165) is 29.2 Å². The van der Waals surface area contributed by atoms with E-state index in [1.54, 1.807) is 0 Å². The minimum Gasteiger partial charge on any atom is -0.356 e. The summed E-state index contributed by atoms with van der Waals surface area (Å²) in [6.07, 6.45) is -18.7. The molecule has 1 heterocycles. The maximum atomic E-state index is 13.6. The molecule has 4 rings (SSSR count). The van der Waals surface area contributed by atoms with Crippen LogP contribution in [-0.4, -0.2) is 27.4 Å². The van der Waals surface area contributed by atoms with Crippen LogP contribution in [0.25, 0.3) is 11.1 Å². The first-order valence-corrected chi connectivity index (χ1v) is 12.2. The fourth-order valence-electron chi connectivity index (χ4n) is 4.61. The number of benzene rings is 3. The molecule has 0 bridgehead atoms. The van der Waals surface area contributed by atoms with E-state index in [1.165, 1.54) is 6.92 Å². The van der Waals surface area contributed by atoms with Crippen LogP contribution in [0.3, 0.4) is 0 Å². The third-order valence-corrected chi connectivity index (χ3v) is 7.02. The van der Waals surface area contributed by atoms with E-state index >= 15 is 0 Å². The number of halogens is 10. The topological polar surface area (TPSA) is 75.8 Å². The molecule has 1 saturated heterocycles. The Bertz CT molecular complexity index is 1480. The van der Waals surface area contributed by atoms with Gasteiger partial charge in [0.15, 0.2) is 0 Å². The molecule has 0 saturated carbocycles. The Labute approximate surface area is 236 Å². The fraction of sp³-hybridized carbons (Fsp3) is 0.308. The molecule has 3 aromatic carbocycles. The second kappa shape index (κ2) is 11.0. The van der Waals surface area contributed by atoms with Crippen LogP contribution in [0.4, 0.5) is 45.2 Å². The van der Waals surface area contributed by atoms with Crippen LogP contribution in [-0.2, 0) is 29.8 Å². The van der Waals surface area contributed by atoms with E-state index in [1.807, 2.05) is 0 Å². The SMILES string of the molecule is C[C@H]1[C@@H](c2cc(C(F)(F)F)cc(C(F)(F)F)c2)OC(O)N1Cc1cc(C(F)(F)F)ccc1-c1cc([N+](=O)[O-])ccc1Cl. The van der Waals surface area contributed by atoms with Crippen molar-refractivity contribution < 1.29 is 54.3 Å². The van der Waals surface area contributed by atoms with Crippen LogP contribution in [0.2, 0.25) is 5.02 Å². The second-order valence-electron chi connectivity index (χ2n) is 9.43. The Balaban J connectivity index is 1.78. The average molecular weight is 629 g/mol. The maximum Gasteiger partial charge on any atom is 0.416 e. The van der Waals surface area contributed by atoms with Gasteiger partial charge >= 0.3 is 18.5 Å². The number of rotatable bonds is 5. The van der Waals surface area contributed by atoms with Gasteiger partial charge in [-0.15, -0.1) is 0 Å². The Hall–Kier alpha value is -3.40. The molecule has 3 atom stereocenters. The number of hydrogen-bond donors (Lipinski definition) is 1. The highest BCUT2D eigenvalue weighted by molar-refractivity contribution is 6.33. The number of aliphatic hydroxyl groups is 1. The molecule has 226 valence electrons. The Morgan fingerprint density at radius 1 is 0.857 bits per heavy atom. The van der Waals surface area contributed by atoms with Crippen molar-refractivity contribution in [3.63, 3.8) is 0 Å². The molecule has 1 fully saturated rings. The van der Waals surface area contributed by atoms with Crippen molar-refractivity contribution in [3.8, 4) is 11.1 Å².